The molecular formula is C15H15N3O. The van der Waals surface area contributed by atoms with Crippen LogP contribution in [0.15, 0.2) is 54.9 Å². The molecule has 3 rings (SSSR count). The number of hydrogen-bond donors (Lipinski definition) is 1. The summed E-state index contributed by atoms with van der Waals surface area (Å²) >= 11 is 0. The van der Waals surface area contributed by atoms with Crippen LogP contribution in [-0.4, -0.2) is 9.55 Å². The fourth-order valence-electron chi connectivity index (χ4n) is 2.02. The minimum absolute atomic E-state index is 0.481. The van der Waals surface area contributed by atoms with Crippen LogP contribution in [0.2, 0.25) is 0 Å². The lowest BCUT2D eigenvalue weighted by molar-refractivity contribution is 0.0664. The van der Waals surface area contributed by atoms with Gasteiger partial charge in [0, 0.05) is 5.69 Å². The number of nitrogens with two attached hydrogens (primary N) is 1. The van der Waals surface area contributed by atoms with E-state index in [1.807, 2.05) is 53.1 Å². The maximum absolute atomic E-state index is 5.73. The van der Waals surface area contributed by atoms with Crippen molar-refractivity contribution >= 4 is 16.7 Å². The Bertz CT molecular complexity index is 676. The standard InChI is InChI=1S/C15H15N3O/c16-13-6-7-15-14(8-13)17-10-18(15)11-19-9-12-4-2-1-3-5-12/h1-8,10H,9,11,16H2. The summed E-state index contributed by atoms with van der Waals surface area (Å²) in [5.74, 6) is 0. The van der Waals surface area contributed by atoms with Gasteiger partial charge in [-0.2, -0.15) is 0 Å². The summed E-state index contributed by atoms with van der Waals surface area (Å²) in [6.45, 7) is 1.07. The predicted molar refractivity (Wildman–Crippen MR) is 75.4 cm³/mol. The first kappa shape index (κ1) is 11.7. The Morgan fingerprint density at radius 1 is 1.11 bits per heavy atom. The third-order valence-electron chi connectivity index (χ3n) is 2.99. The smallest absolute Gasteiger partial charge is 0.124 e. The van der Waals surface area contributed by atoms with Crippen LogP contribution < -0.4 is 5.73 Å². The van der Waals surface area contributed by atoms with E-state index < -0.39 is 0 Å². The van der Waals surface area contributed by atoms with E-state index >= 15 is 0 Å². The van der Waals surface area contributed by atoms with Gasteiger partial charge in [-0.05, 0) is 23.8 Å². The van der Waals surface area contributed by atoms with Crippen molar-refractivity contribution in [1.82, 2.24) is 9.55 Å². The summed E-state index contributed by atoms with van der Waals surface area (Å²) in [6.07, 6.45) is 1.77. The Hall–Kier alpha value is -2.33. The third kappa shape index (κ3) is 2.58. The van der Waals surface area contributed by atoms with Gasteiger partial charge in [0.15, 0.2) is 0 Å². The molecule has 4 nitrogen and oxygen atoms in total. The number of nitrogens with zero attached hydrogens (tertiary/aromatic N) is 2. The lowest BCUT2D eigenvalue weighted by atomic mass is 10.2. The lowest BCUT2D eigenvalue weighted by Crippen LogP contribution is -2.01. The molecule has 96 valence electrons. The molecule has 0 amide bonds. The molecule has 1 heterocycles. The van der Waals surface area contributed by atoms with Crippen molar-refractivity contribution in [2.45, 2.75) is 13.3 Å². The van der Waals surface area contributed by atoms with Gasteiger partial charge in [0.1, 0.15) is 6.73 Å². The second kappa shape index (κ2) is 5.12. The molecule has 2 aromatic carbocycles. The zero-order valence-electron chi connectivity index (χ0n) is 10.5. The summed E-state index contributed by atoms with van der Waals surface area (Å²) in [6, 6.07) is 15.8. The molecule has 0 aliphatic rings. The van der Waals surface area contributed by atoms with Crippen molar-refractivity contribution in [3.05, 3.63) is 60.4 Å². The zero-order valence-corrected chi connectivity index (χ0v) is 10.5. The van der Waals surface area contributed by atoms with Crippen LogP contribution in [0.1, 0.15) is 5.56 Å². The summed E-state index contributed by atoms with van der Waals surface area (Å²) in [5.41, 5.74) is 9.54. The van der Waals surface area contributed by atoms with Gasteiger partial charge in [0.2, 0.25) is 0 Å². The molecule has 0 aliphatic heterocycles. The summed E-state index contributed by atoms with van der Waals surface area (Å²) < 4.78 is 7.66. The number of anilines is 1. The Kier molecular flexibility index (Phi) is 3.16. The van der Waals surface area contributed by atoms with Crippen molar-refractivity contribution in [1.29, 1.82) is 0 Å². The molecule has 0 saturated carbocycles. The molecule has 0 radical (unpaired) electrons. The van der Waals surface area contributed by atoms with Crippen LogP contribution in [0.5, 0.6) is 0 Å². The first-order valence-corrected chi connectivity index (χ1v) is 6.15. The number of imidazole rings is 1. The van der Waals surface area contributed by atoms with Crippen LogP contribution in [0.3, 0.4) is 0 Å². The molecule has 0 spiro atoms. The Morgan fingerprint density at radius 2 is 1.95 bits per heavy atom. The number of benzene rings is 2. The number of rotatable bonds is 4. The molecule has 0 saturated heterocycles. The van der Waals surface area contributed by atoms with Gasteiger partial charge in [-0.25, -0.2) is 4.98 Å². The molecule has 2 N–H and O–H groups in total. The lowest BCUT2D eigenvalue weighted by Gasteiger charge is -2.06. The van der Waals surface area contributed by atoms with Gasteiger partial charge in [-0.3, -0.25) is 0 Å². The van der Waals surface area contributed by atoms with Crippen LogP contribution in [0.4, 0.5) is 5.69 Å². The quantitative estimate of drug-likeness (QED) is 0.727. The molecular weight excluding hydrogens is 238 g/mol. The first-order valence-electron chi connectivity index (χ1n) is 6.15. The van der Waals surface area contributed by atoms with Gasteiger partial charge in [-0.1, -0.05) is 30.3 Å². The molecule has 0 atom stereocenters. The van der Waals surface area contributed by atoms with Gasteiger partial charge < -0.3 is 15.0 Å². The molecule has 19 heavy (non-hydrogen) atoms. The predicted octanol–water partition coefficient (Wildman–Crippen LogP) is 2.79. The molecule has 3 aromatic rings. The third-order valence-corrected chi connectivity index (χ3v) is 2.99. The van der Waals surface area contributed by atoms with Crippen LogP contribution in [0.25, 0.3) is 11.0 Å². The summed E-state index contributed by atoms with van der Waals surface area (Å²) in [7, 11) is 0. The number of fused-ring (bicyclic) bond motifs is 1. The van der Waals surface area contributed by atoms with E-state index in [0.717, 1.165) is 22.3 Å². The molecule has 1 aromatic heterocycles. The van der Waals surface area contributed by atoms with Crippen molar-refractivity contribution in [2.24, 2.45) is 0 Å². The fraction of sp³-hybridized carbons (Fsp3) is 0.133. The van der Waals surface area contributed by atoms with E-state index in [1.165, 1.54) is 0 Å². The van der Waals surface area contributed by atoms with Gasteiger partial charge in [-0.15, -0.1) is 0 Å². The van der Waals surface area contributed by atoms with Crippen LogP contribution in [-0.2, 0) is 18.1 Å². The first-order chi connectivity index (χ1) is 9.33. The minimum atomic E-state index is 0.481. The van der Waals surface area contributed by atoms with E-state index in [4.69, 9.17) is 10.5 Å². The van der Waals surface area contributed by atoms with E-state index in [0.29, 0.717) is 13.3 Å². The van der Waals surface area contributed by atoms with E-state index in [1.54, 1.807) is 6.33 Å². The Balaban J connectivity index is 1.69. The van der Waals surface area contributed by atoms with Crippen molar-refractivity contribution in [3.8, 4) is 0 Å². The molecule has 0 unspecified atom stereocenters. The minimum Gasteiger partial charge on any atom is -0.399 e. The summed E-state index contributed by atoms with van der Waals surface area (Å²) in [4.78, 5) is 4.31. The van der Waals surface area contributed by atoms with Gasteiger partial charge in [0.05, 0.1) is 24.0 Å². The normalized spacial score (nSPS) is 10.9. The fourth-order valence-corrected chi connectivity index (χ4v) is 2.02. The average Bonchev–Trinajstić information content (AvgIpc) is 2.82. The highest BCUT2D eigenvalue weighted by Gasteiger charge is 2.02. The summed E-state index contributed by atoms with van der Waals surface area (Å²) in [5, 5.41) is 0. The second-order valence-electron chi connectivity index (χ2n) is 4.43. The highest BCUT2D eigenvalue weighted by molar-refractivity contribution is 5.78. The van der Waals surface area contributed by atoms with E-state index in [-0.39, 0.29) is 0 Å². The van der Waals surface area contributed by atoms with Crippen molar-refractivity contribution in [2.75, 3.05) is 5.73 Å². The molecule has 0 fully saturated rings. The van der Waals surface area contributed by atoms with Gasteiger partial charge >= 0.3 is 0 Å². The molecule has 0 aliphatic carbocycles. The van der Waals surface area contributed by atoms with Crippen molar-refractivity contribution < 1.29 is 4.74 Å². The Labute approximate surface area is 111 Å². The highest BCUT2D eigenvalue weighted by atomic mass is 16.5. The maximum Gasteiger partial charge on any atom is 0.124 e. The number of hydrogen-bond acceptors (Lipinski definition) is 3. The number of aromatic nitrogens is 2. The average molecular weight is 253 g/mol. The molecule has 4 heteroatoms. The Morgan fingerprint density at radius 3 is 2.79 bits per heavy atom. The topological polar surface area (TPSA) is 53.1 Å². The monoisotopic (exact) mass is 253 g/mol. The van der Waals surface area contributed by atoms with E-state index in [2.05, 4.69) is 4.98 Å². The number of ether oxygens (including phenoxy) is 1. The maximum atomic E-state index is 5.73. The highest BCUT2D eigenvalue weighted by Crippen LogP contribution is 2.16. The SMILES string of the molecule is Nc1ccc2c(c1)ncn2COCc1ccccc1. The number of nitrogen functional groups attached to an aromatic ring is 1. The van der Waals surface area contributed by atoms with Crippen LogP contribution in [0, 0.1) is 0 Å². The second-order valence-corrected chi connectivity index (χ2v) is 4.43. The zero-order chi connectivity index (χ0) is 13.1. The molecule has 0 bridgehead atoms. The van der Waals surface area contributed by atoms with Gasteiger partial charge in [0.25, 0.3) is 0 Å². The van der Waals surface area contributed by atoms with Crippen molar-refractivity contribution in [3.63, 3.8) is 0 Å². The van der Waals surface area contributed by atoms with E-state index in [9.17, 15) is 0 Å². The van der Waals surface area contributed by atoms with Crippen LogP contribution >= 0.6 is 0 Å². The largest absolute Gasteiger partial charge is 0.399 e.